The van der Waals surface area contributed by atoms with Crippen LogP contribution >= 0.6 is 24.0 Å². The Morgan fingerprint density at radius 1 is 1.21 bits per heavy atom. The van der Waals surface area contributed by atoms with Crippen LogP contribution < -0.4 is 0 Å². The number of carbonyl (C=O) groups excluding carboxylic acids is 1. The number of carbonyl (C=O) groups is 1. The first-order valence-electron chi connectivity index (χ1n) is 10.4. The molecule has 1 aromatic carbocycles. The molecule has 0 bridgehead atoms. The van der Waals surface area contributed by atoms with Gasteiger partial charge >= 0.3 is 0 Å². The Morgan fingerprint density at radius 3 is 2.50 bits per heavy atom. The van der Waals surface area contributed by atoms with Crippen molar-refractivity contribution in [3.63, 3.8) is 0 Å². The first-order chi connectivity index (χ1) is 13.0. The average molecular weight is 429 g/mol. The molecule has 0 atom stereocenters. The zero-order valence-corrected chi connectivity index (χ0v) is 18.5. The van der Waals surface area contributed by atoms with E-state index in [0.29, 0.717) is 18.9 Å². The predicted octanol–water partition coefficient (Wildman–Crippen LogP) is 4.31. The SMILES string of the molecule is CN(C(=O)CC1(O)CCN(CCc2ccccc2Cl)CC1)C1CCCCC1.Cl. The highest BCUT2D eigenvalue weighted by Gasteiger charge is 2.36. The molecule has 158 valence electrons. The number of nitrogens with zero attached hydrogens (tertiary/aromatic N) is 2. The Morgan fingerprint density at radius 2 is 1.86 bits per heavy atom. The van der Waals surface area contributed by atoms with E-state index in [2.05, 4.69) is 11.0 Å². The van der Waals surface area contributed by atoms with Crippen molar-refractivity contribution in [2.45, 2.75) is 69.4 Å². The van der Waals surface area contributed by atoms with Crippen LogP contribution in [0.1, 0.15) is 56.9 Å². The molecule has 0 spiro atoms. The second kappa shape index (κ2) is 10.8. The molecule has 1 N–H and O–H groups in total. The number of halogens is 2. The van der Waals surface area contributed by atoms with Crippen LogP contribution in [0.4, 0.5) is 0 Å². The maximum absolute atomic E-state index is 12.7. The lowest BCUT2D eigenvalue weighted by atomic mass is 9.87. The van der Waals surface area contributed by atoms with Crippen molar-refractivity contribution < 1.29 is 9.90 Å². The van der Waals surface area contributed by atoms with E-state index in [0.717, 1.165) is 43.9 Å². The number of piperidine rings is 1. The Balaban J connectivity index is 0.00000280. The zero-order chi connectivity index (χ0) is 19.3. The molecule has 6 heteroatoms. The molecule has 1 aromatic rings. The normalized spacial score (nSPS) is 20.4. The van der Waals surface area contributed by atoms with Gasteiger partial charge < -0.3 is 14.9 Å². The highest BCUT2D eigenvalue weighted by Crippen LogP contribution is 2.29. The van der Waals surface area contributed by atoms with Crippen LogP contribution in [-0.2, 0) is 11.2 Å². The van der Waals surface area contributed by atoms with Gasteiger partial charge in [-0.1, -0.05) is 49.1 Å². The minimum Gasteiger partial charge on any atom is -0.389 e. The average Bonchev–Trinajstić information content (AvgIpc) is 2.68. The monoisotopic (exact) mass is 428 g/mol. The number of aliphatic hydroxyl groups is 1. The van der Waals surface area contributed by atoms with Crippen LogP contribution in [0.25, 0.3) is 0 Å². The minimum atomic E-state index is -0.846. The third-order valence-electron chi connectivity index (χ3n) is 6.44. The number of likely N-dealkylation sites (tertiary alicyclic amines) is 1. The number of benzene rings is 1. The van der Waals surface area contributed by atoms with Crippen LogP contribution in [0.3, 0.4) is 0 Å². The molecule has 1 aliphatic heterocycles. The summed E-state index contributed by atoms with van der Waals surface area (Å²) < 4.78 is 0. The number of rotatable bonds is 6. The summed E-state index contributed by atoms with van der Waals surface area (Å²) in [7, 11) is 1.92. The lowest BCUT2D eigenvalue weighted by Crippen LogP contribution is -2.49. The Bertz CT molecular complexity index is 627. The van der Waals surface area contributed by atoms with Gasteiger partial charge in [0.2, 0.25) is 5.91 Å². The topological polar surface area (TPSA) is 43.8 Å². The summed E-state index contributed by atoms with van der Waals surface area (Å²) in [5.74, 6) is 0.105. The largest absolute Gasteiger partial charge is 0.389 e. The van der Waals surface area contributed by atoms with Crippen molar-refractivity contribution in [2.24, 2.45) is 0 Å². The lowest BCUT2D eigenvalue weighted by Gasteiger charge is -2.39. The van der Waals surface area contributed by atoms with Gasteiger partial charge in [0, 0.05) is 37.7 Å². The van der Waals surface area contributed by atoms with Crippen LogP contribution in [-0.4, -0.2) is 59.1 Å². The van der Waals surface area contributed by atoms with Crippen molar-refractivity contribution in [1.82, 2.24) is 9.80 Å². The first-order valence-corrected chi connectivity index (χ1v) is 10.8. The molecule has 0 aromatic heterocycles. The smallest absolute Gasteiger partial charge is 0.225 e. The second-order valence-electron chi connectivity index (χ2n) is 8.38. The predicted molar refractivity (Wildman–Crippen MR) is 117 cm³/mol. The fraction of sp³-hybridized carbons (Fsp3) is 0.682. The number of amides is 1. The summed E-state index contributed by atoms with van der Waals surface area (Å²) in [5, 5.41) is 11.8. The molecular formula is C22H34Cl2N2O2. The van der Waals surface area contributed by atoms with E-state index in [1.54, 1.807) is 0 Å². The Hall–Kier alpha value is -0.810. The molecule has 0 unspecified atom stereocenters. The first kappa shape index (κ1) is 23.5. The molecule has 1 saturated carbocycles. The third-order valence-corrected chi connectivity index (χ3v) is 6.81. The van der Waals surface area contributed by atoms with Crippen LogP contribution in [0.2, 0.25) is 5.02 Å². The molecule has 2 aliphatic rings. The Labute approximate surface area is 180 Å². The standard InChI is InChI=1S/C22H33ClN2O2.ClH/c1-24(19-8-3-2-4-9-19)21(26)17-22(27)12-15-25(16-13-22)14-11-18-7-5-6-10-20(18)23;/h5-7,10,19,27H,2-4,8-9,11-17H2,1H3;1H. The summed E-state index contributed by atoms with van der Waals surface area (Å²) in [6.07, 6.45) is 8.44. The molecule has 1 saturated heterocycles. The van der Waals surface area contributed by atoms with E-state index in [1.165, 1.54) is 24.8 Å². The summed E-state index contributed by atoms with van der Waals surface area (Å²) in [4.78, 5) is 17.0. The Kier molecular flexibility index (Phi) is 9.07. The highest BCUT2D eigenvalue weighted by atomic mass is 35.5. The summed E-state index contributed by atoms with van der Waals surface area (Å²) in [6, 6.07) is 8.34. The molecule has 0 radical (unpaired) electrons. The fourth-order valence-electron chi connectivity index (χ4n) is 4.43. The van der Waals surface area contributed by atoms with Gasteiger partial charge in [0.1, 0.15) is 0 Å². The van der Waals surface area contributed by atoms with E-state index in [-0.39, 0.29) is 24.7 Å². The van der Waals surface area contributed by atoms with Crippen molar-refractivity contribution in [2.75, 3.05) is 26.7 Å². The van der Waals surface area contributed by atoms with Gasteiger partial charge in [-0.25, -0.2) is 0 Å². The molecule has 3 rings (SSSR count). The number of hydrogen-bond acceptors (Lipinski definition) is 3. The van der Waals surface area contributed by atoms with Gasteiger partial charge in [-0.2, -0.15) is 0 Å². The second-order valence-corrected chi connectivity index (χ2v) is 8.79. The van der Waals surface area contributed by atoms with Crippen LogP contribution in [0.5, 0.6) is 0 Å². The molecule has 28 heavy (non-hydrogen) atoms. The lowest BCUT2D eigenvalue weighted by molar-refractivity contribution is -0.139. The van der Waals surface area contributed by atoms with Crippen molar-refractivity contribution in [3.8, 4) is 0 Å². The minimum absolute atomic E-state index is 0. The van der Waals surface area contributed by atoms with Crippen LogP contribution in [0, 0.1) is 0 Å². The number of hydrogen-bond donors (Lipinski definition) is 1. The van der Waals surface area contributed by atoms with Crippen molar-refractivity contribution in [3.05, 3.63) is 34.9 Å². The summed E-state index contributed by atoms with van der Waals surface area (Å²) in [5.41, 5.74) is 0.324. The zero-order valence-electron chi connectivity index (χ0n) is 16.9. The van der Waals surface area contributed by atoms with E-state index < -0.39 is 5.60 Å². The van der Waals surface area contributed by atoms with Crippen LogP contribution in [0.15, 0.2) is 24.3 Å². The van der Waals surface area contributed by atoms with Gasteiger partial charge in [-0.05, 0) is 43.7 Å². The van der Waals surface area contributed by atoms with Gasteiger partial charge in [-0.3, -0.25) is 4.79 Å². The van der Waals surface area contributed by atoms with E-state index in [4.69, 9.17) is 11.6 Å². The van der Waals surface area contributed by atoms with E-state index >= 15 is 0 Å². The van der Waals surface area contributed by atoms with E-state index in [9.17, 15) is 9.90 Å². The molecule has 1 heterocycles. The summed E-state index contributed by atoms with van der Waals surface area (Å²) in [6.45, 7) is 2.61. The molecule has 4 nitrogen and oxygen atoms in total. The summed E-state index contributed by atoms with van der Waals surface area (Å²) >= 11 is 6.24. The quantitative estimate of drug-likeness (QED) is 0.733. The maximum Gasteiger partial charge on any atom is 0.225 e. The van der Waals surface area contributed by atoms with Gasteiger partial charge in [0.15, 0.2) is 0 Å². The van der Waals surface area contributed by atoms with E-state index in [1.807, 2.05) is 30.1 Å². The van der Waals surface area contributed by atoms with Gasteiger partial charge in [0.05, 0.1) is 12.0 Å². The van der Waals surface area contributed by atoms with Gasteiger partial charge in [-0.15, -0.1) is 12.4 Å². The molecule has 1 aliphatic carbocycles. The fourth-order valence-corrected chi connectivity index (χ4v) is 4.66. The van der Waals surface area contributed by atoms with Gasteiger partial charge in [0.25, 0.3) is 0 Å². The highest BCUT2D eigenvalue weighted by molar-refractivity contribution is 6.31. The molecule has 1 amide bonds. The van der Waals surface area contributed by atoms with Crippen molar-refractivity contribution in [1.29, 1.82) is 0 Å². The van der Waals surface area contributed by atoms with Crippen molar-refractivity contribution >= 4 is 29.9 Å². The molecular weight excluding hydrogens is 395 g/mol. The third kappa shape index (κ3) is 6.35. The molecule has 2 fully saturated rings. The maximum atomic E-state index is 12.7.